The quantitative estimate of drug-likeness (QED) is 0.0818. The lowest BCUT2D eigenvalue weighted by Gasteiger charge is -2.55. The topological polar surface area (TPSA) is 52.0 Å². The van der Waals surface area contributed by atoms with E-state index in [0.717, 1.165) is 73.9 Å². The SMILES string of the molecule is BBB(B)B(B(B)B)B(B(B(B(B)B)B(B)B)B(B(B)B)B(B)B)B(B(B(B(B)B)B(B)B)B(B(B)B)B(B)B)C1CCC(C2CCC(c3ccc(Cc4cc(N)cc(N)c4)cc3)CC2)CC1. The zero-order chi connectivity index (χ0) is 50.2. The monoisotopic (exact) mass is 843 g/mol. The number of nitrogens with two attached hydrogens (primary N) is 2. The Morgan fingerprint density at radius 2 is 0.746 bits per heavy atom. The first-order valence-electron chi connectivity index (χ1n) is 29.1. The van der Waals surface area contributed by atoms with Gasteiger partial charge in [-0.05, 0) is 84.7 Å². The average Bonchev–Trinajstić information content (AvgIpc) is 3.22. The third-order valence-electron chi connectivity index (χ3n) is 19.5. The van der Waals surface area contributed by atoms with E-state index in [0.29, 0.717) is 88.9 Å². The van der Waals surface area contributed by atoms with Crippen molar-refractivity contribution in [2.24, 2.45) is 11.8 Å². The molecule has 0 saturated heterocycles. The van der Waals surface area contributed by atoms with Crippen molar-refractivity contribution >= 4 is 295 Å². The highest BCUT2D eigenvalue weighted by Gasteiger charge is 2.59. The first-order valence-corrected chi connectivity index (χ1v) is 29.1. The summed E-state index contributed by atoms with van der Waals surface area (Å²) < 4.78 is 0. The smallest absolute Gasteiger partial charge is 0.0594 e. The van der Waals surface area contributed by atoms with Gasteiger partial charge in [0.2, 0.25) is 0 Å². The van der Waals surface area contributed by atoms with Crippen molar-refractivity contribution in [2.75, 3.05) is 11.5 Å². The van der Waals surface area contributed by atoms with Crippen molar-refractivity contribution in [3.63, 3.8) is 0 Å². The Bertz CT molecular complexity index is 1650. The van der Waals surface area contributed by atoms with Crippen LogP contribution in [0.25, 0.3) is 0 Å². The summed E-state index contributed by atoms with van der Waals surface area (Å²) in [5.41, 5.74) is 17.8. The van der Waals surface area contributed by atoms with E-state index >= 15 is 0 Å². The van der Waals surface area contributed by atoms with Gasteiger partial charge in [-0.25, -0.2) is 0 Å². The zero-order valence-corrected chi connectivity index (χ0v) is 48.0. The predicted octanol–water partition coefficient (Wildman–Crippen LogP) is -20.0. The third-order valence-corrected chi connectivity index (χ3v) is 19.5. The van der Waals surface area contributed by atoms with Gasteiger partial charge in [0.15, 0.2) is 0 Å². The van der Waals surface area contributed by atoms with Crippen molar-refractivity contribution in [3.05, 3.63) is 59.2 Å². The molecule has 0 spiro atoms. The normalized spacial score (nSPS) is 17.6. The lowest BCUT2D eigenvalue weighted by atomic mass is 8.30. The van der Waals surface area contributed by atoms with Crippen LogP contribution in [0.4, 0.5) is 11.4 Å². The second-order valence-electron chi connectivity index (χ2n) is 27.0. The maximum absolute atomic E-state index is 6.13. The molecule has 0 radical (unpaired) electrons. The molecule has 2 aromatic carbocycles. The molecule has 0 aromatic heterocycles. The van der Waals surface area contributed by atoms with E-state index in [4.69, 9.17) is 11.5 Å². The molecule has 42 heteroatoms. The predicted molar refractivity (Wildman–Crippen MR) is 402 cm³/mol. The number of hydrogen-bond donors (Lipinski definition) is 2. The minimum absolute atomic E-state index is 0.670. The number of benzene rings is 2. The van der Waals surface area contributed by atoms with Crippen LogP contribution in [0, 0.1) is 11.8 Å². The van der Waals surface area contributed by atoms with Gasteiger partial charge in [-0.1, -0.05) is 55.8 Å². The molecule has 0 bridgehead atoms. The van der Waals surface area contributed by atoms with Gasteiger partial charge in [-0.2, -0.15) is 0 Å². The fourth-order valence-corrected chi connectivity index (χ4v) is 17.5. The zero-order valence-electron chi connectivity index (χ0n) is 48.0. The van der Waals surface area contributed by atoms with E-state index in [2.05, 4.69) is 191 Å². The number of hydrogen-bond acceptors (Lipinski definition) is 2. The first-order chi connectivity index (χ1) is 31.4. The third kappa shape index (κ3) is 15.8. The largest absolute Gasteiger partial charge is 0.399 e. The molecule has 0 atom stereocenters. The van der Waals surface area contributed by atoms with Crippen molar-refractivity contribution in [2.45, 2.75) is 69.5 Å². The molecule has 4 rings (SSSR count). The molecule has 0 unspecified atom stereocenters. The van der Waals surface area contributed by atoms with Crippen LogP contribution in [0.2, 0.25) is 5.82 Å². The van der Waals surface area contributed by atoms with E-state index < -0.39 is 0 Å². The number of rotatable bonds is 24. The van der Waals surface area contributed by atoms with E-state index in [1.807, 2.05) is 6.07 Å². The summed E-state index contributed by atoms with van der Waals surface area (Å²) in [6.45, 7) is 0.743. The molecule has 0 heterocycles. The molecule has 2 aromatic rings. The summed E-state index contributed by atoms with van der Waals surface area (Å²) in [7, 11) is 53.9. The highest BCUT2D eigenvalue weighted by atomic mass is 14.6. The van der Waals surface area contributed by atoms with E-state index in [-0.39, 0.29) is 0 Å². The number of nitrogen functional groups attached to an aromatic ring is 2. The molecular formula is C25H74B40N2. The lowest BCUT2D eigenvalue weighted by molar-refractivity contribution is 0.186. The van der Waals surface area contributed by atoms with E-state index in [9.17, 15) is 0 Å². The molecule has 67 heavy (non-hydrogen) atoms. The van der Waals surface area contributed by atoms with Gasteiger partial charge >= 0.3 is 0 Å². The van der Waals surface area contributed by atoms with Crippen LogP contribution in [-0.4, -0.2) is 283 Å². The van der Waals surface area contributed by atoms with Gasteiger partial charge in [0.05, 0.1) is 155 Å². The van der Waals surface area contributed by atoms with Crippen molar-refractivity contribution in [3.8, 4) is 0 Å². The van der Waals surface area contributed by atoms with Crippen LogP contribution in [0.5, 0.6) is 0 Å². The van der Waals surface area contributed by atoms with Gasteiger partial charge in [0.1, 0.15) is 0 Å². The molecule has 2 fully saturated rings. The van der Waals surface area contributed by atoms with Gasteiger partial charge < -0.3 is 11.5 Å². The van der Waals surface area contributed by atoms with Gasteiger partial charge in [-0.3, -0.25) is 0 Å². The van der Waals surface area contributed by atoms with E-state index in [1.165, 1.54) is 69.6 Å². The van der Waals surface area contributed by atoms with Crippen molar-refractivity contribution in [1.29, 1.82) is 0 Å². The van der Waals surface area contributed by atoms with Gasteiger partial charge in [0.25, 0.3) is 0 Å². The molecule has 2 nitrogen and oxygen atoms in total. The fourth-order valence-electron chi connectivity index (χ4n) is 17.5. The molecule has 0 aliphatic heterocycles. The first kappa shape index (κ1) is 60.2. The summed E-state index contributed by atoms with van der Waals surface area (Å²) in [5, 5.41) is 0. The fraction of sp³-hybridized carbons (Fsp3) is 0.520. The summed E-state index contributed by atoms with van der Waals surface area (Å²) in [6.07, 6.45) is 24.7. The molecule has 304 valence electrons. The Morgan fingerprint density at radius 3 is 1.10 bits per heavy atom. The molecule has 2 aliphatic carbocycles. The summed E-state index contributed by atoms with van der Waals surface area (Å²) in [5.74, 6) is 3.28. The maximum atomic E-state index is 6.13. The Labute approximate surface area is 443 Å². The summed E-state index contributed by atoms with van der Waals surface area (Å²) in [6, 6.07) is 15.6. The highest BCUT2D eigenvalue weighted by Crippen LogP contribution is 2.46. The van der Waals surface area contributed by atoms with Crippen LogP contribution >= 0.6 is 0 Å². The van der Waals surface area contributed by atoms with Gasteiger partial charge in [-0.15, -0.1) is 0 Å². The second kappa shape index (κ2) is 27.8. The average molecular weight is 835 g/mol. The Balaban J connectivity index is 1.80. The molecule has 4 N–H and O–H groups in total. The summed E-state index contributed by atoms with van der Waals surface area (Å²) >= 11 is 0. The lowest BCUT2D eigenvalue weighted by Crippen LogP contribution is -2.91. The highest BCUT2D eigenvalue weighted by molar-refractivity contribution is 8.29. The maximum Gasteiger partial charge on any atom is 0.0594 e. The van der Waals surface area contributed by atoms with Crippen LogP contribution in [0.15, 0.2) is 42.5 Å². The van der Waals surface area contributed by atoms with Crippen LogP contribution in [0.1, 0.15) is 74.0 Å². The van der Waals surface area contributed by atoms with Crippen LogP contribution in [-0.2, 0) is 6.42 Å². The molecule has 2 aliphatic rings. The Kier molecular flexibility index (Phi) is 25.0. The molecular weight excluding hydrogens is 761 g/mol. The van der Waals surface area contributed by atoms with E-state index in [1.54, 1.807) is 5.56 Å². The molecule has 0 amide bonds. The van der Waals surface area contributed by atoms with Crippen LogP contribution in [0.3, 0.4) is 0 Å². The Hall–Kier alpha value is 0.637. The Morgan fingerprint density at radius 1 is 0.403 bits per heavy atom. The number of anilines is 2. The van der Waals surface area contributed by atoms with Crippen molar-refractivity contribution in [1.82, 2.24) is 0 Å². The molecule has 2 saturated carbocycles. The van der Waals surface area contributed by atoms with Crippen molar-refractivity contribution < 1.29 is 0 Å². The van der Waals surface area contributed by atoms with Crippen LogP contribution < -0.4 is 11.5 Å². The minimum atomic E-state index is 0.670. The summed E-state index contributed by atoms with van der Waals surface area (Å²) in [4.78, 5) is 0. The second-order valence-corrected chi connectivity index (χ2v) is 27.0. The van der Waals surface area contributed by atoms with Gasteiger partial charge in [0, 0.05) is 140 Å². The minimum Gasteiger partial charge on any atom is -0.399 e. The standard InChI is InChI=1S/C25H74B40N2/c26-46-57(45)64(56(43)44)59(65(62(52(35)36)53(37)38)63(54(39)40)55(41)42)47(58(60(48(27)28)49(29)30)61(50(31)32)51(33)34)23-11-9-22(10-12-23)21-7-5-20(6-8-21)19-3-1-17(2-4-19)13-18-14-24(66)16-25(67)15-18/h1-4,14-16,20-23,46H,5-13,26-45,66-67H2.